The fourth-order valence-corrected chi connectivity index (χ4v) is 4.83. The number of H-pyrrole nitrogens is 1. The lowest BCUT2D eigenvalue weighted by Crippen LogP contribution is -2.11. The molecule has 0 spiro atoms. The Morgan fingerprint density at radius 2 is 1.00 bits per heavy atom. The summed E-state index contributed by atoms with van der Waals surface area (Å²) < 4.78 is 54.8. The highest BCUT2D eigenvalue weighted by Crippen LogP contribution is 2.35. The van der Waals surface area contributed by atoms with Crippen molar-refractivity contribution in [1.29, 1.82) is 0 Å². The molecule has 0 aliphatic rings. The molecule has 0 radical (unpaired) electrons. The van der Waals surface area contributed by atoms with E-state index in [4.69, 9.17) is 0 Å². The summed E-state index contributed by atoms with van der Waals surface area (Å²) in [6.07, 6.45) is 3.35. The topological polar surface area (TPSA) is 32.9 Å². The minimum Gasteiger partial charge on any atom is -0.353 e. The molecule has 5 aromatic carbocycles. The number of benzene rings is 5. The molecule has 1 aromatic heterocycles. The van der Waals surface area contributed by atoms with E-state index in [1.165, 1.54) is 48.5 Å². The first-order valence-corrected chi connectivity index (χ1v) is 12.8. The van der Waals surface area contributed by atoms with Gasteiger partial charge >= 0.3 is 0 Å². The molecule has 2 nitrogen and oxygen atoms in total. The molecule has 0 fully saturated rings. The van der Waals surface area contributed by atoms with Crippen LogP contribution >= 0.6 is 0 Å². The highest BCUT2D eigenvalue weighted by Gasteiger charge is 2.17. The number of hydrogen-bond acceptors (Lipinski definition) is 1. The van der Waals surface area contributed by atoms with Crippen LogP contribution in [0.4, 0.5) is 17.6 Å². The highest BCUT2D eigenvalue weighted by molar-refractivity contribution is 6.00. The molecule has 6 rings (SSSR count). The molecule has 200 valence electrons. The van der Waals surface area contributed by atoms with Crippen molar-refractivity contribution in [3.05, 3.63) is 154 Å². The Morgan fingerprint density at radius 3 is 1.56 bits per heavy atom. The number of aromatic amines is 1. The van der Waals surface area contributed by atoms with E-state index in [9.17, 15) is 22.4 Å². The first-order chi connectivity index (χ1) is 19.9. The van der Waals surface area contributed by atoms with Crippen LogP contribution < -0.4 is 5.43 Å². The summed E-state index contributed by atoms with van der Waals surface area (Å²) in [5.41, 5.74) is 4.90. The van der Waals surface area contributed by atoms with Crippen LogP contribution in [0.1, 0.15) is 11.1 Å². The van der Waals surface area contributed by atoms with E-state index < -0.39 is 11.6 Å². The van der Waals surface area contributed by atoms with E-state index >= 15 is 0 Å². The van der Waals surface area contributed by atoms with Gasteiger partial charge in [-0.15, -0.1) is 0 Å². The van der Waals surface area contributed by atoms with Crippen molar-refractivity contribution in [2.45, 2.75) is 0 Å². The van der Waals surface area contributed by atoms with Crippen molar-refractivity contribution in [2.75, 3.05) is 0 Å². The fraction of sp³-hybridized carbons (Fsp3) is 0. The Morgan fingerprint density at radius 1 is 0.512 bits per heavy atom. The predicted molar refractivity (Wildman–Crippen MR) is 156 cm³/mol. The predicted octanol–water partition coefficient (Wildman–Crippen LogP) is 9.26. The van der Waals surface area contributed by atoms with Crippen molar-refractivity contribution >= 4 is 23.1 Å². The lowest BCUT2D eigenvalue weighted by molar-refractivity contribution is 0.627. The average molecular weight is 548 g/mol. The fourth-order valence-electron chi connectivity index (χ4n) is 4.83. The Bertz CT molecular complexity index is 1960. The van der Waals surface area contributed by atoms with Crippen LogP contribution in [0, 0.1) is 23.3 Å². The van der Waals surface area contributed by atoms with Gasteiger partial charge in [-0.25, -0.2) is 17.6 Å². The van der Waals surface area contributed by atoms with E-state index in [1.807, 2.05) is 6.07 Å². The summed E-state index contributed by atoms with van der Waals surface area (Å²) in [4.78, 5) is 17.6. The summed E-state index contributed by atoms with van der Waals surface area (Å²) >= 11 is 0. The van der Waals surface area contributed by atoms with Crippen molar-refractivity contribution in [1.82, 2.24) is 4.98 Å². The van der Waals surface area contributed by atoms with Crippen LogP contribution in [0.5, 0.6) is 0 Å². The minimum absolute atomic E-state index is 0.302. The van der Waals surface area contributed by atoms with Crippen molar-refractivity contribution in [3.63, 3.8) is 0 Å². The number of aromatic nitrogens is 1. The molecule has 6 heteroatoms. The number of halogens is 4. The van der Waals surface area contributed by atoms with Crippen LogP contribution in [-0.4, -0.2) is 4.98 Å². The maximum absolute atomic E-state index is 14.2. The molecular weight excluding hydrogens is 526 g/mol. The van der Waals surface area contributed by atoms with Gasteiger partial charge in [-0.3, -0.25) is 4.79 Å². The molecule has 0 amide bonds. The highest BCUT2D eigenvalue weighted by atomic mass is 19.1. The van der Waals surface area contributed by atoms with Crippen LogP contribution in [0.2, 0.25) is 0 Å². The number of nitrogens with one attached hydrogen (secondary N) is 1. The standard InChI is InChI=1S/C35H21F4NO/c36-26-10-1-21(2-11-26)3-18-30-33(24-8-16-29(39)17-9-24)40-34-31(23-6-14-28(38)15-7-23)19-25(20-32(34)35(30)41)22-4-12-27(37)13-5-22/h1-20H,(H,40,41)/b18-3+. The zero-order valence-electron chi connectivity index (χ0n) is 21.5. The van der Waals surface area contributed by atoms with Gasteiger partial charge in [-0.1, -0.05) is 42.5 Å². The Balaban J connectivity index is 1.66. The molecule has 6 aromatic rings. The number of fused-ring (bicyclic) bond motifs is 1. The minimum atomic E-state index is -0.420. The van der Waals surface area contributed by atoms with Crippen molar-refractivity contribution in [2.24, 2.45) is 0 Å². The summed E-state index contributed by atoms with van der Waals surface area (Å²) in [7, 11) is 0. The van der Waals surface area contributed by atoms with Gasteiger partial charge in [0.2, 0.25) is 0 Å². The van der Waals surface area contributed by atoms with E-state index in [-0.39, 0.29) is 17.1 Å². The molecule has 41 heavy (non-hydrogen) atoms. The van der Waals surface area contributed by atoms with Gasteiger partial charge in [-0.05, 0) is 107 Å². The summed E-state index contributed by atoms with van der Waals surface area (Å²) in [6, 6.07) is 27.1. The Kier molecular flexibility index (Phi) is 6.81. The molecule has 0 aliphatic carbocycles. The van der Waals surface area contributed by atoms with Gasteiger partial charge < -0.3 is 4.98 Å². The third-order valence-electron chi connectivity index (χ3n) is 6.93. The maximum atomic E-state index is 14.2. The molecule has 1 N–H and O–H groups in total. The number of rotatable bonds is 5. The van der Waals surface area contributed by atoms with Gasteiger partial charge in [0.25, 0.3) is 0 Å². The number of hydrogen-bond donors (Lipinski definition) is 1. The van der Waals surface area contributed by atoms with Crippen LogP contribution in [-0.2, 0) is 0 Å². The zero-order chi connectivity index (χ0) is 28.5. The van der Waals surface area contributed by atoms with Crippen LogP contribution in [0.15, 0.2) is 114 Å². The summed E-state index contributed by atoms with van der Waals surface area (Å²) in [5, 5.41) is 0.357. The third-order valence-corrected chi connectivity index (χ3v) is 6.93. The van der Waals surface area contributed by atoms with Gasteiger partial charge in [0.05, 0.1) is 11.2 Å². The smallest absolute Gasteiger partial charge is 0.197 e. The van der Waals surface area contributed by atoms with Gasteiger partial charge in [0, 0.05) is 16.5 Å². The third kappa shape index (κ3) is 5.32. The van der Waals surface area contributed by atoms with E-state index in [0.29, 0.717) is 55.5 Å². The normalized spacial score (nSPS) is 11.4. The second-order valence-corrected chi connectivity index (χ2v) is 9.59. The van der Waals surface area contributed by atoms with E-state index in [0.717, 1.165) is 0 Å². The first-order valence-electron chi connectivity index (χ1n) is 12.8. The molecule has 0 aliphatic heterocycles. The Labute approximate surface area is 232 Å². The molecule has 0 atom stereocenters. The van der Waals surface area contributed by atoms with Gasteiger partial charge in [-0.2, -0.15) is 0 Å². The number of pyridine rings is 1. The van der Waals surface area contributed by atoms with Crippen molar-refractivity contribution in [3.8, 4) is 33.5 Å². The molecule has 0 unspecified atom stereocenters. The van der Waals surface area contributed by atoms with Gasteiger partial charge in [0.15, 0.2) is 5.43 Å². The monoisotopic (exact) mass is 547 g/mol. The largest absolute Gasteiger partial charge is 0.353 e. The molecular formula is C35H21F4NO. The molecule has 1 heterocycles. The first kappa shape index (κ1) is 26.0. The second-order valence-electron chi connectivity index (χ2n) is 9.59. The molecule has 0 bridgehead atoms. The summed E-state index contributed by atoms with van der Waals surface area (Å²) in [5.74, 6) is -1.58. The SMILES string of the molecule is O=c1c(/C=C/c2ccc(F)cc2)c(-c2ccc(F)cc2)[nH]c2c(-c3ccc(F)cc3)cc(-c3ccc(F)cc3)cc12. The van der Waals surface area contributed by atoms with E-state index in [2.05, 4.69) is 4.98 Å². The quantitative estimate of drug-likeness (QED) is 0.214. The van der Waals surface area contributed by atoms with Gasteiger partial charge in [0.1, 0.15) is 23.3 Å². The zero-order valence-corrected chi connectivity index (χ0v) is 21.5. The average Bonchev–Trinajstić information content (AvgIpc) is 2.98. The van der Waals surface area contributed by atoms with Crippen LogP contribution in [0.3, 0.4) is 0 Å². The maximum Gasteiger partial charge on any atom is 0.197 e. The second kappa shape index (κ2) is 10.7. The van der Waals surface area contributed by atoms with E-state index in [1.54, 1.807) is 66.7 Å². The molecule has 0 saturated carbocycles. The summed E-state index contributed by atoms with van der Waals surface area (Å²) in [6.45, 7) is 0. The lowest BCUT2D eigenvalue weighted by Gasteiger charge is -2.15. The van der Waals surface area contributed by atoms with Crippen LogP contribution in [0.25, 0.3) is 56.6 Å². The molecule has 0 saturated heterocycles. The van der Waals surface area contributed by atoms with Crippen molar-refractivity contribution < 1.29 is 17.6 Å². The Hall–Kier alpha value is -5.23. The lowest BCUT2D eigenvalue weighted by atomic mass is 9.93.